The number of carbonyl (C=O) groups is 1. The number of benzene rings is 2. The van der Waals surface area contributed by atoms with Crippen LogP contribution in [0.25, 0.3) is 22.2 Å². The van der Waals surface area contributed by atoms with Crippen LogP contribution in [0, 0.1) is 0 Å². The molecule has 0 saturated heterocycles. The first-order valence-electron chi connectivity index (χ1n) is 9.21. The van der Waals surface area contributed by atoms with Gasteiger partial charge in [0.25, 0.3) is 0 Å². The highest BCUT2D eigenvalue weighted by molar-refractivity contribution is 5.82. The normalized spacial score (nSPS) is 11.0. The van der Waals surface area contributed by atoms with Gasteiger partial charge in [-0.05, 0) is 53.3 Å². The van der Waals surface area contributed by atoms with Gasteiger partial charge in [-0.25, -0.2) is 4.98 Å². The highest BCUT2D eigenvalue weighted by Gasteiger charge is 2.05. The van der Waals surface area contributed by atoms with Crippen molar-refractivity contribution in [1.82, 2.24) is 15.0 Å². The lowest BCUT2D eigenvalue weighted by Crippen LogP contribution is -2.03. The molecule has 4 nitrogen and oxygen atoms in total. The Morgan fingerprint density at radius 2 is 1.81 bits per heavy atom. The van der Waals surface area contributed by atoms with Crippen molar-refractivity contribution in [2.24, 2.45) is 0 Å². The summed E-state index contributed by atoms with van der Waals surface area (Å²) in [4.78, 5) is 23.6. The molecule has 0 bridgehead atoms. The van der Waals surface area contributed by atoms with Gasteiger partial charge in [0.05, 0.1) is 17.4 Å². The molecule has 0 amide bonds. The molecule has 0 aliphatic carbocycles. The van der Waals surface area contributed by atoms with Crippen LogP contribution in [0.1, 0.15) is 24.0 Å². The Balaban J connectivity index is 1.32. The molecule has 0 aliphatic heterocycles. The summed E-state index contributed by atoms with van der Waals surface area (Å²) < 4.78 is 0. The largest absolute Gasteiger partial charge is 0.345 e. The third kappa shape index (κ3) is 4.29. The van der Waals surface area contributed by atoms with E-state index in [0.29, 0.717) is 12.8 Å². The zero-order chi connectivity index (χ0) is 18.5. The number of Topliss-reactive ketones (excluding diaryl/α,β-unsaturated/α-hetero) is 1. The quantitative estimate of drug-likeness (QED) is 0.520. The first kappa shape index (κ1) is 17.2. The predicted octanol–water partition coefficient (Wildman–Crippen LogP) is 4.76. The Hall–Kier alpha value is -3.27. The monoisotopic (exact) mass is 355 g/mol. The van der Waals surface area contributed by atoms with Crippen molar-refractivity contribution in [3.8, 4) is 11.1 Å². The van der Waals surface area contributed by atoms with E-state index in [-0.39, 0.29) is 5.78 Å². The molecular formula is C23H21N3O. The Labute approximate surface area is 158 Å². The molecule has 0 aliphatic rings. The number of aryl methyl sites for hydroxylation is 1. The molecule has 4 heteroatoms. The lowest BCUT2D eigenvalue weighted by Gasteiger charge is -2.05. The number of pyridine rings is 1. The number of hydrogen-bond acceptors (Lipinski definition) is 3. The van der Waals surface area contributed by atoms with E-state index in [4.69, 9.17) is 0 Å². The topological polar surface area (TPSA) is 58.6 Å². The van der Waals surface area contributed by atoms with Crippen LogP contribution in [-0.2, 0) is 17.6 Å². The molecule has 1 N–H and O–H groups in total. The van der Waals surface area contributed by atoms with Crippen LogP contribution in [0.5, 0.6) is 0 Å². The Morgan fingerprint density at radius 1 is 0.963 bits per heavy atom. The fourth-order valence-corrected chi connectivity index (χ4v) is 3.29. The average Bonchev–Trinajstić information content (AvgIpc) is 3.17. The van der Waals surface area contributed by atoms with Gasteiger partial charge in [-0.15, -0.1) is 0 Å². The maximum atomic E-state index is 12.1. The summed E-state index contributed by atoms with van der Waals surface area (Å²) in [6.07, 6.45) is 8.07. The van der Waals surface area contributed by atoms with E-state index in [0.717, 1.165) is 29.4 Å². The summed E-state index contributed by atoms with van der Waals surface area (Å²) in [5, 5.41) is 0. The Bertz CT molecular complexity index is 1040. The van der Waals surface area contributed by atoms with Crippen molar-refractivity contribution < 1.29 is 4.79 Å². The third-order valence-corrected chi connectivity index (χ3v) is 4.75. The molecule has 4 aromatic rings. The van der Waals surface area contributed by atoms with Crippen molar-refractivity contribution in [2.45, 2.75) is 25.7 Å². The number of ketones is 1. The molecule has 0 fully saturated rings. The van der Waals surface area contributed by atoms with Gasteiger partial charge in [0, 0.05) is 25.2 Å². The number of fused-ring (bicyclic) bond motifs is 1. The maximum absolute atomic E-state index is 12.1. The molecule has 0 spiro atoms. The number of aromatic nitrogens is 3. The molecule has 27 heavy (non-hydrogen) atoms. The van der Waals surface area contributed by atoms with Gasteiger partial charge in [0.2, 0.25) is 0 Å². The SMILES string of the molecule is O=C(CCCc1ccc(-c2ccc3nc[nH]c3c2)cc1)Cc1cccnc1. The highest BCUT2D eigenvalue weighted by atomic mass is 16.1. The lowest BCUT2D eigenvalue weighted by molar-refractivity contribution is -0.118. The molecule has 134 valence electrons. The number of imidazole rings is 1. The van der Waals surface area contributed by atoms with Crippen LogP contribution < -0.4 is 0 Å². The van der Waals surface area contributed by atoms with E-state index in [1.165, 1.54) is 16.7 Å². The second-order valence-electron chi connectivity index (χ2n) is 6.76. The second-order valence-corrected chi connectivity index (χ2v) is 6.76. The van der Waals surface area contributed by atoms with Crippen LogP contribution in [0.3, 0.4) is 0 Å². The van der Waals surface area contributed by atoms with E-state index in [1.807, 2.05) is 18.2 Å². The standard InChI is InChI=1S/C23H21N3O/c27-21(13-18-4-2-12-24-15-18)5-1-3-17-6-8-19(9-7-17)20-10-11-22-23(14-20)26-16-25-22/h2,4,6-12,14-16H,1,3,5,13H2,(H,25,26). The van der Waals surface area contributed by atoms with Crippen LogP contribution in [0.2, 0.25) is 0 Å². The Kier molecular flexibility index (Phi) is 5.06. The molecule has 2 aromatic carbocycles. The first-order valence-corrected chi connectivity index (χ1v) is 9.21. The van der Waals surface area contributed by atoms with Crippen LogP contribution in [-0.4, -0.2) is 20.7 Å². The van der Waals surface area contributed by atoms with E-state index >= 15 is 0 Å². The van der Waals surface area contributed by atoms with Crippen molar-refractivity contribution in [1.29, 1.82) is 0 Å². The zero-order valence-electron chi connectivity index (χ0n) is 15.1. The number of rotatable bonds is 7. The number of aromatic amines is 1. The van der Waals surface area contributed by atoms with Crippen molar-refractivity contribution in [3.63, 3.8) is 0 Å². The van der Waals surface area contributed by atoms with E-state index in [1.54, 1.807) is 18.7 Å². The van der Waals surface area contributed by atoms with Gasteiger partial charge < -0.3 is 4.98 Å². The summed E-state index contributed by atoms with van der Waals surface area (Å²) in [5.41, 5.74) is 6.62. The zero-order valence-corrected chi connectivity index (χ0v) is 15.1. The minimum absolute atomic E-state index is 0.271. The summed E-state index contributed by atoms with van der Waals surface area (Å²) in [5.74, 6) is 0.271. The fraction of sp³-hybridized carbons (Fsp3) is 0.174. The van der Waals surface area contributed by atoms with Gasteiger partial charge in [-0.2, -0.15) is 0 Å². The van der Waals surface area contributed by atoms with Gasteiger partial charge in [0.15, 0.2) is 0 Å². The first-order chi connectivity index (χ1) is 13.3. The molecule has 0 unspecified atom stereocenters. The lowest BCUT2D eigenvalue weighted by atomic mass is 10.00. The molecular weight excluding hydrogens is 334 g/mol. The molecule has 4 rings (SSSR count). The number of H-pyrrole nitrogens is 1. The summed E-state index contributed by atoms with van der Waals surface area (Å²) in [6.45, 7) is 0. The number of nitrogens with one attached hydrogen (secondary N) is 1. The van der Waals surface area contributed by atoms with Gasteiger partial charge >= 0.3 is 0 Å². The summed E-state index contributed by atoms with van der Waals surface area (Å²) in [7, 11) is 0. The fourth-order valence-electron chi connectivity index (χ4n) is 3.29. The number of nitrogens with zero attached hydrogens (tertiary/aromatic N) is 2. The van der Waals surface area contributed by atoms with Gasteiger partial charge in [0.1, 0.15) is 5.78 Å². The maximum Gasteiger partial charge on any atom is 0.137 e. The molecule has 2 aromatic heterocycles. The van der Waals surface area contributed by atoms with Gasteiger partial charge in [-0.3, -0.25) is 9.78 Å². The average molecular weight is 355 g/mol. The highest BCUT2D eigenvalue weighted by Crippen LogP contribution is 2.23. The third-order valence-electron chi connectivity index (χ3n) is 4.75. The number of hydrogen-bond donors (Lipinski definition) is 1. The summed E-state index contributed by atoms with van der Waals surface area (Å²) >= 11 is 0. The van der Waals surface area contributed by atoms with Crippen LogP contribution in [0.4, 0.5) is 0 Å². The van der Waals surface area contributed by atoms with Gasteiger partial charge in [-0.1, -0.05) is 36.4 Å². The predicted molar refractivity (Wildman–Crippen MR) is 107 cm³/mol. The van der Waals surface area contributed by atoms with Crippen molar-refractivity contribution in [3.05, 3.63) is 84.4 Å². The molecule has 0 atom stereocenters. The summed E-state index contributed by atoms with van der Waals surface area (Å²) in [6, 6.07) is 18.6. The van der Waals surface area contributed by atoms with Crippen molar-refractivity contribution in [2.75, 3.05) is 0 Å². The molecule has 0 radical (unpaired) electrons. The van der Waals surface area contributed by atoms with E-state index in [2.05, 4.69) is 51.4 Å². The smallest absolute Gasteiger partial charge is 0.137 e. The molecule has 2 heterocycles. The van der Waals surface area contributed by atoms with Crippen LogP contribution in [0.15, 0.2) is 73.3 Å². The van der Waals surface area contributed by atoms with Crippen LogP contribution >= 0.6 is 0 Å². The Morgan fingerprint density at radius 3 is 2.63 bits per heavy atom. The van der Waals surface area contributed by atoms with E-state index < -0.39 is 0 Å². The van der Waals surface area contributed by atoms with Crippen molar-refractivity contribution >= 4 is 16.8 Å². The number of carbonyl (C=O) groups excluding carboxylic acids is 1. The minimum Gasteiger partial charge on any atom is -0.345 e. The second kappa shape index (κ2) is 7.96. The molecule has 0 saturated carbocycles. The minimum atomic E-state index is 0.271. The van der Waals surface area contributed by atoms with E-state index in [9.17, 15) is 4.79 Å².